The number of hydrogen-bond donors (Lipinski definition) is 2. The van der Waals surface area contributed by atoms with E-state index in [4.69, 9.17) is 5.11 Å². The van der Waals surface area contributed by atoms with Crippen LogP contribution < -0.4 is 5.32 Å². The summed E-state index contributed by atoms with van der Waals surface area (Å²) in [5.74, 6) is -0.319. The van der Waals surface area contributed by atoms with Crippen LogP contribution in [0, 0.1) is 0 Å². The fourth-order valence-electron chi connectivity index (χ4n) is 1.54. The molecule has 1 unspecified atom stereocenters. The zero-order valence-electron chi connectivity index (χ0n) is 10.9. The molecule has 0 spiro atoms. The van der Waals surface area contributed by atoms with Gasteiger partial charge in [-0.3, -0.25) is 0 Å². The predicted octanol–water partition coefficient (Wildman–Crippen LogP) is 3.48. The SMILES string of the molecule is CCC(C)c1ccc(NC(C)(C)C(=O)O)cc1. The summed E-state index contributed by atoms with van der Waals surface area (Å²) in [5, 5.41) is 12.0. The van der Waals surface area contributed by atoms with Gasteiger partial charge in [0.15, 0.2) is 0 Å². The first-order valence-corrected chi connectivity index (χ1v) is 5.98. The lowest BCUT2D eigenvalue weighted by Gasteiger charge is -2.22. The van der Waals surface area contributed by atoms with Crippen LogP contribution in [-0.2, 0) is 4.79 Å². The second-order valence-electron chi connectivity index (χ2n) is 4.99. The van der Waals surface area contributed by atoms with Gasteiger partial charge in [-0.05, 0) is 43.9 Å². The van der Waals surface area contributed by atoms with Crippen molar-refractivity contribution in [2.45, 2.75) is 45.6 Å². The van der Waals surface area contributed by atoms with Crippen LogP contribution in [0.25, 0.3) is 0 Å². The highest BCUT2D eigenvalue weighted by molar-refractivity contribution is 5.81. The summed E-state index contributed by atoms with van der Waals surface area (Å²) in [5.41, 5.74) is 1.17. The molecule has 0 radical (unpaired) electrons. The number of nitrogens with one attached hydrogen (secondary N) is 1. The Labute approximate surface area is 103 Å². The molecule has 0 aliphatic rings. The van der Waals surface area contributed by atoms with Gasteiger partial charge in [-0.25, -0.2) is 4.79 Å². The fourth-order valence-corrected chi connectivity index (χ4v) is 1.54. The summed E-state index contributed by atoms with van der Waals surface area (Å²) in [7, 11) is 0. The summed E-state index contributed by atoms with van der Waals surface area (Å²) in [6, 6.07) is 7.97. The minimum Gasteiger partial charge on any atom is -0.480 e. The number of aliphatic carboxylic acids is 1. The maximum absolute atomic E-state index is 11.0. The summed E-state index contributed by atoms with van der Waals surface area (Å²) in [6.45, 7) is 7.64. The number of benzene rings is 1. The van der Waals surface area contributed by atoms with E-state index in [9.17, 15) is 4.79 Å². The molecular weight excluding hydrogens is 214 g/mol. The molecule has 0 amide bonds. The van der Waals surface area contributed by atoms with Crippen molar-refractivity contribution in [3.05, 3.63) is 29.8 Å². The van der Waals surface area contributed by atoms with Gasteiger partial charge >= 0.3 is 5.97 Å². The molecule has 0 aromatic heterocycles. The minimum atomic E-state index is -0.947. The molecule has 0 saturated carbocycles. The van der Waals surface area contributed by atoms with Crippen LogP contribution in [0.15, 0.2) is 24.3 Å². The van der Waals surface area contributed by atoms with E-state index in [0.29, 0.717) is 5.92 Å². The summed E-state index contributed by atoms with van der Waals surface area (Å²) < 4.78 is 0. The molecule has 1 aromatic carbocycles. The smallest absolute Gasteiger partial charge is 0.328 e. The van der Waals surface area contributed by atoms with Crippen LogP contribution in [0.1, 0.15) is 45.6 Å². The fraction of sp³-hybridized carbons (Fsp3) is 0.500. The number of anilines is 1. The summed E-state index contributed by atoms with van der Waals surface area (Å²) in [6.07, 6.45) is 1.10. The molecule has 3 heteroatoms. The van der Waals surface area contributed by atoms with Crippen molar-refractivity contribution in [2.24, 2.45) is 0 Å². The Morgan fingerprint density at radius 3 is 2.29 bits per heavy atom. The third-order valence-corrected chi connectivity index (χ3v) is 3.08. The zero-order valence-corrected chi connectivity index (χ0v) is 10.9. The molecule has 2 N–H and O–H groups in total. The maximum Gasteiger partial charge on any atom is 0.328 e. The Bertz CT molecular complexity index is 382. The Morgan fingerprint density at radius 1 is 1.35 bits per heavy atom. The lowest BCUT2D eigenvalue weighted by molar-refractivity contribution is -0.141. The molecule has 3 nitrogen and oxygen atoms in total. The van der Waals surface area contributed by atoms with Gasteiger partial charge in [-0.2, -0.15) is 0 Å². The van der Waals surface area contributed by atoms with Gasteiger partial charge in [-0.1, -0.05) is 26.0 Å². The first-order chi connectivity index (χ1) is 7.86. The third kappa shape index (κ3) is 3.48. The normalized spacial score (nSPS) is 13.2. The van der Waals surface area contributed by atoms with Gasteiger partial charge in [0.2, 0.25) is 0 Å². The second-order valence-corrected chi connectivity index (χ2v) is 4.99. The van der Waals surface area contributed by atoms with Gasteiger partial charge < -0.3 is 10.4 Å². The molecule has 1 rings (SSSR count). The molecule has 0 aliphatic heterocycles. The van der Waals surface area contributed by atoms with Gasteiger partial charge in [-0.15, -0.1) is 0 Å². The average molecular weight is 235 g/mol. The van der Waals surface area contributed by atoms with E-state index in [2.05, 4.69) is 31.3 Å². The van der Waals surface area contributed by atoms with E-state index in [-0.39, 0.29) is 0 Å². The molecule has 1 aromatic rings. The highest BCUT2D eigenvalue weighted by Gasteiger charge is 2.26. The van der Waals surface area contributed by atoms with Crippen molar-refractivity contribution in [2.75, 3.05) is 5.32 Å². The summed E-state index contributed by atoms with van der Waals surface area (Å²) >= 11 is 0. The van der Waals surface area contributed by atoms with E-state index >= 15 is 0 Å². The van der Waals surface area contributed by atoms with Gasteiger partial charge in [0, 0.05) is 5.69 Å². The van der Waals surface area contributed by atoms with Gasteiger partial charge in [0.25, 0.3) is 0 Å². The number of carbonyl (C=O) groups is 1. The van der Waals surface area contributed by atoms with Crippen LogP contribution in [0.3, 0.4) is 0 Å². The van der Waals surface area contributed by atoms with E-state index in [1.165, 1.54) is 5.56 Å². The van der Waals surface area contributed by atoms with E-state index < -0.39 is 11.5 Å². The largest absolute Gasteiger partial charge is 0.480 e. The first kappa shape index (κ1) is 13.6. The Kier molecular flexibility index (Phi) is 4.16. The zero-order chi connectivity index (χ0) is 13.1. The number of rotatable bonds is 5. The lowest BCUT2D eigenvalue weighted by atomic mass is 9.98. The number of hydrogen-bond acceptors (Lipinski definition) is 2. The van der Waals surface area contributed by atoms with E-state index in [1.54, 1.807) is 13.8 Å². The highest BCUT2D eigenvalue weighted by atomic mass is 16.4. The topological polar surface area (TPSA) is 49.3 Å². The Balaban J connectivity index is 2.79. The Hall–Kier alpha value is -1.51. The van der Waals surface area contributed by atoms with E-state index in [0.717, 1.165) is 12.1 Å². The average Bonchev–Trinajstić information content (AvgIpc) is 2.28. The quantitative estimate of drug-likeness (QED) is 0.821. The first-order valence-electron chi connectivity index (χ1n) is 5.98. The van der Waals surface area contributed by atoms with Crippen molar-refractivity contribution in [3.8, 4) is 0 Å². The van der Waals surface area contributed by atoms with Crippen LogP contribution in [0.5, 0.6) is 0 Å². The Morgan fingerprint density at radius 2 is 1.88 bits per heavy atom. The molecule has 0 bridgehead atoms. The van der Waals surface area contributed by atoms with Crippen LogP contribution in [-0.4, -0.2) is 16.6 Å². The molecule has 0 heterocycles. The van der Waals surface area contributed by atoms with Gasteiger partial charge in [0.1, 0.15) is 5.54 Å². The van der Waals surface area contributed by atoms with Crippen LogP contribution >= 0.6 is 0 Å². The van der Waals surface area contributed by atoms with Crippen molar-refractivity contribution >= 4 is 11.7 Å². The van der Waals surface area contributed by atoms with Crippen molar-refractivity contribution in [1.82, 2.24) is 0 Å². The lowest BCUT2D eigenvalue weighted by Crippen LogP contribution is -2.39. The van der Waals surface area contributed by atoms with Gasteiger partial charge in [0.05, 0.1) is 0 Å². The molecule has 17 heavy (non-hydrogen) atoms. The van der Waals surface area contributed by atoms with Crippen molar-refractivity contribution < 1.29 is 9.90 Å². The molecule has 0 saturated heterocycles. The number of carboxylic acid groups (broad SMARTS) is 1. The third-order valence-electron chi connectivity index (χ3n) is 3.08. The molecular formula is C14H21NO2. The van der Waals surface area contributed by atoms with Crippen molar-refractivity contribution in [1.29, 1.82) is 0 Å². The monoisotopic (exact) mass is 235 g/mol. The molecule has 0 fully saturated rings. The predicted molar refractivity (Wildman–Crippen MR) is 70.5 cm³/mol. The molecule has 1 atom stereocenters. The standard InChI is InChI=1S/C14H21NO2/c1-5-10(2)11-6-8-12(9-7-11)15-14(3,4)13(16)17/h6-10,15H,5H2,1-4H3,(H,16,17). The second kappa shape index (κ2) is 5.21. The van der Waals surface area contributed by atoms with Crippen LogP contribution in [0.2, 0.25) is 0 Å². The maximum atomic E-state index is 11.0. The molecule has 94 valence electrons. The molecule has 0 aliphatic carbocycles. The van der Waals surface area contributed by atoms with E-state index in [1.807, 2.05) is 12.1 Å². The minimum absolute atomic E-state index is 0.538. The number of carboxylic acids is 1. The highest BCUT2D eigenvalue weighted by Crippen LogP contribution is 2.22. The van der Waals surface area contributed by atoms with Crippen molar-refractivity contribution in [3.63, 3.8) is 0 Å². The van der Waals surface area contributed by atoms with Crippen LogP contribution in [0.4, 0.5) is 5.69 Å². The summed E-state index contributed by atoms with van der Waals surface area (Å²) in [4.78, 5) is 11.0.